The molecule has 0 radical (unpaired) electrons. The first-order valence-corrected chi connectivity index (χ1v) is 8.24. The molecule has 112 valence electrons. The van der Waals surface area contributed by atoms with Crippen LogP contribution in [0.4, 0.5) is 0 Å². The fourth-order valence-corrected chi connectivity index (χ4v) is 3.18. The van der Waals surface area contributed by atoms with Gasteiger partial charge in [0.2, 0.25) is 15.9 Å². The maximum Gasteiger partial charge on any atom is 0.244 e. The van der Waals surface area contributed by atoms with Gasteiger partial charge in [0.05, 0.1) is 10.3 Å². The molecule has 20 heavy (non-hydrogen) atoms. The first kappa shape index (κ1) is 16.9. The second-order valence-electron chi connectivity index (χ2n) is 4.61. The average Bonchev–Trinajstić information content (AvgIpc) is 2.38. The van der Waals surface area contributed by atoms with Crippen molar-refractivity contribution in [2.24, 2.45) is 0 Å². The number of pyridine rings is 1. The Bertz CT molecular complexity index is 568. The molecular formula is C12H19N3O3S2. The van der Waals surface area contributed by atoms with Crippen molar-refractivity contribution in [1.82, 2.24) is 14.2 Å². The van der Waals surface area contributed by atoms with Gasteiger partial charge >= 0.3 is 0 Å². The quantitative estimate of drug-likeness (QED) is 0.755. The molecule has 0 saturated heterocycles. The molecule has 0 unspecified atom stereocenters. The molecule has 0 aliphatic rings. The number of amides is 1. The van der Waals surface area contributed by atoms with Crippen LogP contribution in [0.3, 0.4) is 0 Å². The van der Waals surface area contributed by atoms with Crippen molar-refractivity contribution in [2.45, 2.75) is 22.1 Å². The summed E-state index contributed by atoms with van der Waals surface area (Å²) in [5.74, 6) is -0.0122. The van der Waals surface area contributed by atoms with Crippen LogP contribution in [0.5, 0.6) is 0 Å². The van der Waals surface area contributed by atoms with Crippen molar-refractivity contribution in [3.05, 3.63) is 18.3 Å². The van der Waals surface area contributed by atoms with Crippen LogP contribution in [0.25, 0.3) is 0 Å². The zero-order valence-corrected chi connectivity index (χ0v) is 13.8. The third kappa shape index (κ3) is 3.94. The van der Waals surface area contributed by atoms with E-state index in [0.29, 0.717) is 5.03 Å². The first-order valence-electron chi connectivity index (χ1n) is 5.92. The van der Waals surface area contributed by atoms with E-state index < -0.39 is 10.0 Å². The molecule has 0 saturated carbocycles. The van der Waals surface area contributed by atoms with Crippen LogP contribution in [0.2, 0.25) is 0 Å². The van der Waals surface area contributed by atoms with Gasteiger partial charge in [-0.05, 0) is 19.1 Å². The molecule has 1 rings (SSSR count). The number of sulfonamides is 1. The van der Waals surface area contributed by atoms with Crippen LogP contribution in [-0.2, 0) is 14.8 Å². The minimum Gasteiger partial charge on any atom is -0.348 e. The van der Waals surface area contributed by atoms with Gasteiger partial charge in [0.1, 0.15) is 4.90 Å². The number of carbonyl (C=O) groups excluding carboxylic acids is 1. The smallest absolute Gasteiger partial charge is 0.244 e. The number of nitrogens with zero attached hydrogens (tertiary/aromatic N) is 3. The van der Waals surface area contributed by atoms with E-state index in [1.165, 1.54) is 43.0 Å². The number of thioether (sulfide) groups is 1. The van der Waals surface area contributed by atoms with E-state index in [0.717, 1.165) is 4.31 Å². The van der Waals surface area contributed by atoms with Gasteiger partial charge < -0.3 is 4.90 Å². The van der Waals surface area contributed by atoms with Gasteiger partial charge in [0.25, 0.3) is 0 Å². The van der Waals surface area contributed by atoms with Gasteiger partial charge in [-0.3, -0.25) is 4.79 Å². The van der Waals surface area contributed by atoms with Crippen molar-refractivity contribution in [2.75, 3.05) is 28.2 Å². The number of hydrogen-bond acceptors (Lipinski definition) is 5. The topological polar surface area (TPSA) is 70.6 Å². The minimum absolute atomic E-state index is 0.0122. The molecule has 0 N–H and O–H groups in total. The van der Waals surface area contributed by atoms with Crippen LogP contribution in [0.1, 0.15) is 6.92 Å². The van der Waals surface area contributed by atoms with Crippen molar-refractivity contribution in [3.8, 4) is 0 Å². The predicted molar refractivity (Wildman–Crippen MR) is 79.1 cm³/mol. The molecule has 8 heteroatoms. The third-order valence-electron chi connectivity index (χ3n) is 2.57. The first-order chi connectivity index (χ1) is 9.16. The Balaban J connectivity index is 2.86. The molecule has 1 atom stereocenters. The lowest BCUT2D eigenvalue weighted by Crippen LogP contribution is -2.29. The molecule has 0 aromatic carbocycles. The molecule has 1 aromatic heterocycles. The Morgan fingerprint density at radius 2 is 1.85 bits per heavy atom. The SMILES string of the molecule is C[C@@H](Sc1ccc(S(=O)(=O)N(C)C)cn1)C(=O)N(C)C. The van der Waals surface area contributed by atoms with Crippen LogP contribution in [0.15, 0.2) is 28.3 Å². The molecule has 0 aliphatic carbocycles. The molecule has 1 heterocycles. The standard InChI is InChI=1S/C12H19N3O3S2/c1-9(12(16)14(2)3)19-11-7-6-10(8-13-11)20(17,18)15(4)5/h6-9H,1-5H3/t9-/m1/s1. The minimum atomic E-state index is -3.47. The van der Waals surface area contributed by atoms with Gasteiger partial charge in [0.15, 0.2) is 0 Å². The highest BCUT2D eigenvalue weighted by Gasteiger charge is 2.19. The number of hydrogen-bond donors (Lipinski definition) is 0. The Morgan fingerprint density at radius 1 is 1.25 bits per heavy atom. The molecule has 1 aromatic rings. The fraction of sp³-hybridized carbons (Fsp3) is 0.500. The predicted octanol–water partition coefficient (Wildman–Crippen LogP) is 0.901. The lowest BCUT2D eigenvalue weighted by Gasteiger charge is -2.16. The largest absolute Gasteiger partial charge is 0.348 e. The second-order valence-corrected chi connectivity index (χ2v) is 8.13. The van der Waals surface area contributed by atoms with E-state index in [-0.39, 0.29) is 16.1 Å². The number of rotatable bonds is 5. The summed E-state index contributed by atoms with van der Waals surface area (Å²) in [6.45, 7) is 1.79. The summed E-state index contributed by atoms with van der Waals surface area (Å²) in [4.78, 5) is 17.5. The number of aromatic nitrogens is 1. The second kappa shape index (κ2) is 6.55. The summed E-state index contributed by atoms with van der Waals surface area (Å²) in [5.41, 5.74) is 0. The summed E-state index contributed by atoms with van der Waals surface area (Å²) in [6, 6.07) is 3.11. The molecule has 0 bridgehead atoms. The molecule has 1 amide bonds. The lowest BCUT2D eigenvalue weighted by atomic mass is 10.4. The fourth-order valence-electron chi connectivity index (χ4n) is 1.39. The van der Waals surface area contributed by atoms with Gasteiger partial charge in [-0.1, -0.05) is 11.8 Å². The van der Waals surface area contributed by atoms with Gasteiger partial charge in [0, 0.05) is 34.4 Å². The Kier molecular flexibility index (Phi) is 5.55. The highest BCUT2D eigenvalue weighted by molar-refractivity contribution is 8.00. The molecule has 0 aliphatic heterocycles. The highest BCUT2D eigenvalue weighted by atomic mass is 32.2. The Morgan fingerprint density at radius 3 is 2.25 bits per heavy atom. The Labute approximate surface area is 124 Å². The third-order valence-corrected chi connectivity index (χ3v) is 5.41. The van der Waals surface area contributed by atoms with Gasteiger partial charge in [-0.15, -0.1) is 0 Å². The van der Waals surface area contributed by atoms with Crippen LogP contribution in [-0.4, -0.2) is 62.0 Å². The summed E-state index contributed by atoms with van der Waals surface area (Å²) in [5, 5.41) is 0.346. The van der Waals surface area contributed by atoms with Crippen LogP contribution >= 0.6 is 11.8 Å². The molecule has 6 nitrogen and oxygen atoms in total. The van der Waals surface area contributed by atoms with Crippen molar-refractivity contribution < 1.29 is 13.2 Å². The van der Waals surface area contributed by atoms with Gasteiger partial charge in [-0.2, -0.15) is 0 Å². The van der Waals surface area contributed by atoms with Crippen LogP contribution in [0, 0.1) is 0 Å². The summed E-state index contributed by atoms with van der Waals surface area (Å²) >= 11 is 1.30. The molecule has 0 spiro atoms. The van der Waals surface area contributed by atoms with E-state index in [2.05, 4.69) is 4.98 Å². The van der Waals surface area contributed by atoms with Gasteiger partial charge in [-0.25, -0.2) is 17.7 Å². The summed E-state index contributed by atoms with van der Waals surface area (Å²) in [7, 11) is 2.86. The summed E-state index contributed by atoms with van der Waals surface area (Å²) < 4.78 is 24.9. The van der Waals surface area contributed by atoms with Crippen molar-refractivity contribution in [1.29, 1.82) is 0 Å². The number of carbonyl (C=O) groups is 1. The van der Waals surface area contributed by atoms with E-state index >= 15 is 0 Å². The zero-order chi connectivity index (χ0) is 15.5. The zero-order valence-electron chi connectivity index (χ0n) is 12.2. The van der Waals surface area contributed by atoms with E-state index in [4.69, 9.17) is 0 Å². The van der Waals surface area contributed by atoms with Crippen molar-refractivity contribution in [3.63, 3.8) is 0 Å². The maximum absolute atomic E-state index is 11.9. The maximum atomic E-state index is 11.9. The normalized spacial score (nSPS) is 13.3. The lowest BCUT2D eigenvalue weighted by molar-refractivity contribution is -0.127. The average molecular weight is 317 g/mol. The monoisotopic (exact) mass is 317 g/mol. The van der Waals surface area contributed by atoms with E-state index in [1.54, 1.807) is 27.1 Å². The van der Waals surface area contributed by atoms with E-state index in [9.17, 15) is 13.2 Å². The summed E-state index contributed by atoms with van der Waals surface area (Å²) in [6.07, 6.45) is 1.31. The molecule has 0 fully saturated rings. The highest BCUT2D eigenvalue weighted by Crippen LogP contribution is 2.23. The van der Waals surface area contributed by atoms with E-state index in [1.807, 2.05) is 0 Å². The Hall–Kier alpha value is -1.12. The van der Waals surface area contributed by atoms with Crippen molar-refractivity contribution >= 4 is 27.7 Å². The molecular weight excluding hydrogens is 298 g/mol. The van der Waals surface area contributed by atoms with Crippen LogP contribution < -0.4 is 0 Å².